The van der Waals surface area contributed by atoms with Crippen LogP contribution in [-0.2, 0) is 6.42 Å². The van der Waals surface area contributed by atoms with Gasteiger partial charge in [-0.25, -0.2) is 13.6 Å². The van der Waals surface area contributed by atoms with E-state index in [4.69, 9.17) is 4.42 Å². The molecule has 4 heterocycles. The van der Waals surface area contributed by atoms with Gasteiger partial charge in [-0.2, -0.15) is 0 Å². The van der Waals surface area contributed by atoms with Crippen molar-refractivity contribution >= 4 is 16.8 Å². The summed E-state index contributed by atoms with van der Waals surface area (Å²) in [6.45, 7) is 4.59. The minimum absolute atomic E-state index is 0.214. The Morgan fingerprint density at radius 3 is 2.74 bits per heavy atom. The van der Waals surface area contributed by atoms with Crippen LogP contribution in [-0.4, -0.2) is 70.6 Å². The number of anilines is 1. The lowest BCUT2D eigenvalue weighted by molar-refractivity contribution is -0.0367. The fraction of sp³-hybridized carbons (Fsp3) is 0.520. The van der Waals surface area contributed by atoms with Crippen LogP contribution in [0.2, 0.25) is 0 Å². The molecular weight excluding hydrogens is 459 g/mol. The smallest absolute Gasteiger partial charge is 0.408 e. The Bertz CT molecular complexity index is 1230. The summed E-state index contributed by atoms with van der Waals surface area (Å²) >= 11 is 0. The number of hydrogen-bond donors (Lipinski definition) is 2. The molecule has 2 aliphatic rings. The van der Waals surface area contributed by atoms with Gasteiger partial charge in [0.15, 0.2) is 5.58 Å². The van der Waals surface area contributed by atoms with Crippen molar-refractivity contribution in [2.45, 2.75) is 50.7 Å². The van der Waals surface area contributed by atoms with Crippen molar-refractivity contribution < 1.29 is 17.6 Å². The van der Waals surface area contributed by atoms with Crippen LogP contribution < -0.4 is 11.1 Å². The van der Waals surface area contributed by atoms with Gasteiger partial charge in [-0.1, -0.05) is 6.07 Å². The molecule has 0 bridgehead atoms. The van der Waals surface area contributed by atoms with Gasteiger partial charge < -0.3 is 9.73 Å². The van der Waals surface area contributed by atoms with E-state index in [9.17, 15) is 18.0 Å². The molecule has 0 amide bonds. The number of benzene rings is 1. The van der Waals surface area contributed by atoms with E-state index in [2.05, 4.69) is 20.2 Å². The molecule has 0 saturated carbocycles. The molecule has 3 aromatic rings. The number of alkyl halides is 3. The molecular formula is C25H30F3N5O2. The maximum atomic E-state index is 14.2. The molecule has 0 spiro atoms. The number of aromatic nitrogens is 2. The van der Waals surface area contributed by atoms with Gasteiger partial charge in [-0.15, -0.1) is 0 Å². The number of likely N-dealkylation sites (tertiary alicyclic amines) is 1. The highest BCUT2D eigenvalue weighted by atomic mass is 19.3. The van der Waals surface area contributed by atoms with Gasteiger partial charge in [0.25, 0.3) is 5.92 Å². The van der Waals surface area contributed by atoms with Gasteiger partial charge in [0.2, 0.25) is 0 Å². The third-order valence-electron chi connectivity index (χ3n) is 6.88. The van der Waals surface area contributed by atoms with Gasteiger partial charge >= 0.3 is 5.76 Å². The second-order valence-electron chi connectivity index (χ2n) is 9.84. The number of hydrogen-bond acceptors (Lipinski definition) is 6. The topological polar surface area (TPSA) is 77.4 Å². The summed E-state index contributed by atoms with van der Waals surface area (Å²) in [4.78, 5) is 23.1. The number of halogens is 3. The predicted octanol–water partition coefficient (Wildman–Crippen LogP) is 3.96. The Kier molecular flexibility index (Phi) is 6.35. The minimum atomic E-state index is -2.88. The molecule has 35 heavy (non-hydrogen) atoms. The van der Waals surface area contributed by atoms with Crippen LogP contribution in [0.1, 0.15) is 43.1 Å². The van der Waals surface area contributed by atoms with Gasteiger partial charge in [-0.05, 0) is 43.5 Å². The molecule has 1 aromatic carbocycles. The van der Waals surface area contributed by atoms with Crippen molar-refractivity contribution in [1.29, 1.82) is 0 Å². The van der Waals surface area contributed by atoms with Gasteiger partial charge in [0.1, 0.15) is 0 Å². The molecule has 10 heteroatoms. The number of rotatable bonds is 8. The molecule has 2 aliphatic heterocycles. The van der Waals surface area contributed by atoms with Crippen LogP contribution in [0, 0.1) is 0 Å². The van der Waals surface area contributed by atoms with Crippen molar-refractivity contribution in [3.05, 3.63) is 57.8 Å². The molecule has 5 rings (SSSR count). The summed E-state index contributed by atoms with van der Waals surface area (Å²) in [5.41, 5.74) is 4.25. The molecule has 188 valence electrons. The highest BCUT2D eigenvalue weighted by Crippen LogP contribution is 2.41. The second-order valence-corrected chi connectivity index (χ2v) is 9.84. The van der Waals surface area contributed by atoms with E-state index in [1.165, 1.54) is 0 Å². The molecule has 2 N–H and O–H groups in total. The first-order valence-electron chi connectivity index (χ1n) is 12.0. The van der Waals surface area contributed by atoms with E-state index < -0.39 is 24.3 Å². The zero-order chi connectivity index (χ0) is 24.7. The molecule has 1 saturated heterocycles. The maximum Gasteiger partial charge on any atom is 0.417 e. The molecule has 2 atom stereocenters. The largest absolute Gasteiger partial charge is 0.417 e. The zero-order valence-corrected chi connectivity index (χ0v) is 19.9. The standard InChI is InChI=1S/C25H30F3N5O2/c1-15-10-19-18(5-7-21-23(19)35-24(34)31-21)22(33(15)14-25(2,27)28)20-6-4-16(11-29-20)30-17-12-32(13-17)9-3-8-26/h4-7,11,15,17,22,30H,3,8-10,12-14H2,1-2H3,(H,31,34)/t15-,22+/m1/s1. The predicted molar refractivity (Wildman–Crippen MR) is 128 cm³/mol. The summed E-state index contributed by atoms with van der Waals surface area (Å²) in [6, 6.07) is 6.97. The fourth-order valence-electron chi connectivity index (χ4n) is 5.31. The number of nitrogens with one attached hydrogen (secondary N) is 2. The van der Waals surface area contributed by atoms with Crippen molar-refractivity contribution in [2.24, 2.45) is 0 Å². The van der Waals surface area contributed by atoms with Gasteiger partial charge in [-0.3, -0.25) is 24.2 Å². The highest BCUT2D eigenvalue weighted by Gasteiger charge is 2.40. The molecule has 7 nitrogen and oxygen atoms in total. The monoisotopic (exact) mass is 489 g/mol. The quantitative estimate of drug-likeness (QED) is 0.499. The highest BCUT2D eigenvalue weighted by molar-refractivity contribution is 5.78. The van der Waals surface area contributed by atoms with E-state index in [1.54, 1.807) is 17.2 Å². The lowest BCUT2D eigenvalue weighted by Gasteiger charge is -2.42. The molecule has 1 fully saturated rings. The maximum absolute atomic E-state index is 14.2. The van der Waals surface area contributed by atoms with Gasteiger partial charge in [0, 0.05) is 38.2 Å². The summed E-state index contributed by atoms with van der Waals surface area (Å²) in [7, 11) is 0. The number of H-pyrrole nitrogens is 1. The fourth-order valence-corrected chi connectivity index (χ4v) is 5.31. The van der Waals surface area contributed by atoms with E-state index in [1.807, 2.05) is 25.1 Å². The van der Waals surface area contributed by atoms with E-state index in [-0.39, 0.29) is 18.8 Å². The van der Waals surface area contributed by atoms with Crippen LogP contribution in [0.3, 0.4) is 0 Å². The first-order valence-corrected chi connectivity index (χ1v) is 12.0. The first-order chi connectivity index (χ1) is 16.7. The van der Waals surface area contributed by atoms with Crippen molar-refractivity contribution in [1.82, 2.24) is 19.8 Å². The number of fused-ring (bicyclic) bond motifs is 3. The van der Waals surface area contributed by atoms with Crippen LogP contribution in [0.15, 0.2) is 39.7 Å². The average Bonchev–Trinajstić information content (AvgIpc) is 3.16. The lowest BCUT2D eigenvalue weighted by atomic mass is 9.86. The minimum Gasteiger partial charge on any atom is -0.408 e. The third-order valence-corrected chi connectivity index (χ3v) is 6.88. The Morgan fingerprint density at radius 2 is 2.06 bits per heavy atom. The van der Waals surface area contributed by atoms with Crippen molar-refractivity contribution in [2.75, 3.05) is 38.2 Å². The Labute approximate surface area is 201 Å². The van der Waals surface area contributed by atoms with E-state index in [0.717, 1.165) is 43.4 Å². The Morgan fingerprint density at radius 1 is 1.26 bits per heavy atom. The summed E-state index contributed by atoms with van der Waals surface area (Å²) in [5, 5.41) is 3.43. The molecule has 0 radical (unpaired) electrons. The molecule has 0 aliphatic carbocycles. The number of oxazole rings is 1. The lowest BCUT2D eigenvalue weighted by Crippen LogP contribution is -2.54. The first kappa shape index (κ1) is 23.9. The van der Waals surface area contributed by atoms with Crippen LogP contribution >= 0.6 is 0 Å². The molecule has 2 aromatic heterocycles. The van der Waals surface area contributed by atoms with E-state index >= 15 is 0 Å². The second kappa shape index (κ2) is 9.31. The normalized spacial score (nSPS) is 21.7. The SMILES string of the molecule is C[C@@H]1Cc2c(ccc3[nH]c(=O)oc23)[C@@H](c2ccc(NC3CN(CCCF)C3)cn2)N1CC(C)(F)F. The third kappa shape index (κ3) is 4.95. The van der Waals surface area contributed by atoms with Gasteiger partial charge in [0.05, 0.1) is 48.4 Å². The average molecular weight is 490 g/mol. The van der Waals surface area contributed by atoms with Crippen LogP contribution in [0.5, 0.6) is 0 Å². The van der Waals surface area contributed by atoms with E-state index in [0.29, 0.717) is 29.6 Å². The Balaban J connectivity index is 1.43. The van der Waals surface area contributed by atoms with Crippen LogP contribution in [0.4, 0.5) is 18.9 Å². The number of pyridine rings is 1. The molecule has 0 unspecified atom stereocenters. The zero-order valence-electron chi connectivity index (χ0n) is 19.9. The number of aromatic amines is 1. The summed E-state index contributed by atoms with van der Waals surface area (Å²) in [5.74, 6) is -3.41. The summed E-state index contributed by atoms with van der Waals surface area (Å²) in [6.07, 6.45) is 2.77. The summed E-state index contributed by atoms with van der Waals surface area (Å²) < 4.78 is 46.2. The Hall–Kier alpha value is -2.85. The van der Waals surface area contributed by atoms with Crippen LogP contribution in [0.25, 0.3) is 11.1 Å². The van der Waals surface area contributed by atoms with Crippen molar-refractivity contribution in [3.8, 4) is 0 Å². The number of nitrogens with zero attached hydrogens (tertiary/aromatic N) is 3. The van der Waals surface area contributed by atoms with Crippen molar-refractivity contribution in [3.63, 3.8) is 0 Å².